The molecule has 0 aliphatic heterocycles. The number of esters is 1. The molecule has 0 unspecified atom stereocenters. The highest BCUT2D eigenvalue weighted by Crippen LogP contribution is 2.14. The van der Waals surface area contributed by atoms with Gasteiger partial charge in [0, 0.05) is 12.5 Å². The maximum absolute atomic E-state index is 11.8. The van der Waals surface area contributed by atoms with Crippen molar-refractivity contribution in [2.45, 2.75) is 13.8 Å². The average molecular weight is 260 g/mol. The average Bonchev–Trinajstić information content (AvgIpc) is 2.75. The molecule has 0 saturated heterocycles. The van der Waals surface area contributed by atoms with Crippen LogP contribution in [0.25, 0.3) is 0 Å². The van der Waals surface area contributed by atoms with E-state index in [1.165, 1.54) is 25.3 Å². The molecule has 6 nitrogen and oxygen atoms in total. The van der Waals surface area contributed by atoms with E-state index < -0.39 is 5.97 Å². The van der Waals surface area contributed by atoms with Crippen LogP contribution in [0.5, 0.6) is 5.75 Å². The molecule has 2 aromatic rings. The molecule has 0 radical (unpaired) electrons. The summed E-state index contributed by atoms with van der Waals surface area (Å²) >= 11 is 0. The Morgan fingerprint density at radius 1 is 1.26 bits per heavy atom. The van der Waals surface area contributed by atoms with Gasteiger partial charge in [0.05, 0.1) is 5.69 Å². The van der Waals surface area contributed by atoms with Gasteiger partial charge >= 0.3 is 12.0 Å². The van der Waals surface area contributed by atoms with E-state index in [1.54, 1.807) is 19.1 Å². The summed E-state index contributed by atoms with van der Waals surface area (Å²) in [4.78, 5) is 26.6. The van der Waals surface area contributed by atoms with Crippen molar-refractivity contribution in [2.24, 2.45) is 0 Å². The highest BCUT2D eigenvalue weighted by Gasteiger charge is 2.09. The topological polar surface area (TPSA) is 81.4 Å². The number of rotatable bonds is 3. The first-order chi connectivity index (χ1) is 9.04. The van der Waals surface area contributed by atoms with Gasteiger partial charge in [-0.25, -0.2) is 0 Å². The van der Waals surface area contributed by atoms with Crippen molar-refractivity contribution in [1.29, 1.82) is 0 Å². The predicted molar refractivity (Wildman–Crippen MR) is 66.9 cm³/mol. The maximum atomic E-state index is 11.8. The van der Waals surface area contributed by atoms with Gasteiger partial charge < -0.3 is 9.15 Å². The minimum absolute atomic E-state index is 0.145. The third-order valence-corrected chi connectivity index (χ3v) is 2.22. The lowest BCUT2D eigenvalue weighted by atomic mass is 10.2. The zero-order chi connectivity index (χ0) is 13.8. The van der Waals surface area contributed by atoms with E-state index >= 15 is 0 Å². The molecule has 0 spiro atoms. The summed E-state index contributed by atoms with van der Waals surface area (Å²) in [6.45, 7) is 3.07. The number of aryl methyl sites for hydroxylation is 1. The molecule has 0 aliphatic rings. The Kier molecular flexibility index (Phi) is 3.61. The quantitative estimate of drug-likeness (QED) is 0.675. The highest BCUT2D eigenvalue weighted by molar-refractivity contribution is 6.03. The van der Waals surface area contributed by atoms with Gasteiger partial charge in [-0.05, 0) is 31.2 Å². The molecule has 1 heterocycles. The van der Waals surface area contributed by atoms with Crippen molar-refractivity contribution in [2.75, 3.05) is 5.32 Å². The molecule has 1 N–H and O–H groups in total. The fraction of sp³-hybridized carbons (Fsp3) is 0.154. The lowest BCUT2D eigenvalue weighted by molar-refractivity contribution is -0.131. The van der Waals surface area contributed by atoms with E-state index in [9.17, 15) is 9.59 Å². The maximum Gasteiger partial charge on any atom is 0.308 e. The minimum Gasteiger partial charge on any atom is -0.432 e. The zero-order valence-corrected chi connectivity index (χ0v) is 10.5. The standard InChI is InChI=1S/C13H12N2O4/c1-8-7-18-13(14-8)15-12(17)10-3-5-11(6-4-10)19-9(2)16/h3-7H,1-2H3,(H,14,15,17). The van der Waals surface area contributed by atoms with Gasteiger partial charge in [-0.1, -0.05) is 0 Å². The third-order valence-electron chi connectivity index (χ3n) is 2.22. The van der Waals surface area contributed by atoms with Crippen molar-refractivity contribution >= 4 is 17.9 Å². The van der Waals surface area contributed by atoms with Crippen LogP contribution in [0.2, 0.25) is 0 Å². The number of carbonyl (C=O) groups excluding carboxylic acids is 2. The largest absolute Gasteiger partial charge is 0.432 e. The van der Waals surface area contributed by atoms with Gasteiger partial charge in [0.1, 0.15) is 12.0 Å². The molecule has 0 bridgehead atoms. The predicted octanol–water partition coefficient (Wildman–Crippen LogP) is 2.16. The minimum atomic E-state index is -0.410. The Morgan fingerprint density at radius 3 is 2.47 bits per heavy atom. The van der Waals surface area contributed by atoms with Gasteiger partial charge in [-0.3, -0.25) is 14.9 Å². The molecule has 6 heteroatoms. The number of anilines is 1. The summed E-state index contributed by atoms with van der Waals surface area (Å²) in [5.41, 5.74) is 1.09. The van der Waals surface area contributed by atoms with E-state index in [2.05, 4.69) is 10.3 Å². The molecule has 19 heavy (non-hydrogen) atoms. The normalized spacial score (nSPS) is 10.0. The Morgan fingerprint density at radius 2 is 1.95 bits per heavy atom. The second-order valence-corrected chi connectivity index (χ2v) is 3.87. The number of hydrogen-bond acceptors (Lipinski definition) is 5. The van der Waals surface area contributed by atoms with Crippen LogP contribution < -0.4 is 10.1 Å². The summed E-state index contributed by atoms with van der Waals surface area (Å²) in [5.74, 6) is -0.375. The van der Waals surface area contributed by atoms with E-state index in [0.717, 1.165) is 0 Å². The summed E-state index contributed by atoms with van der Waals surface area (Å²) in [6, 6.07) is 6.31. The molecule has 1 amide bonds. The molecule has 0 saturated carbocycles. The Hall–Kier alpha value is -2.63. The molecule has 2 rings (SSSR count). The molecule has 98 valence electrons. The number of ether oxygens (including phenoxy) is 1. The fourth-order valence-electron chi connectivity index (χ4n) is 1.42. The molecule has 0 aliphatic carbocycles. The Bertz CT molecular complexity index is 601. The second-order valence-electron chi connectivity index (χ2n) is 3.87. The number of benzene rings is 1. The zero-order valence-electron chi connectivity index (χ0n) is 10.5. The van der Waals surface area contributed by atoms with Gasteiger partial charge in [-0.2, -0.15) is 4.98 Å². The van der Waals surface area contributed by atoms with Crippen LogP contribution in [0.4, 0.5) is 6.01 Å². The van der Waals surface area contributed by atoms with Crippen LogP contribution in [-0.2, 0) is 4.79 Å². The van der Waals surface area contributed by atoms with Crippen LogP contribution >= 0.6 is 0 Å². The molecular weight excluding hydrogens is 248 g/mol. The number of amides is 1. The molecule has 1 aromatic carbocycles. The van der Waals surface area contributed by atoms with Crippen LogP contribution in [0, 0.1) is 6.92 Å². The fourth-order valence-corrected chi connectivity index (χ4v) is 1.42. The van der Waals surface area contributed by atoms with Gasteiger partial charge in [0.25, 0.3) is 5.91 Å². The van der Waals surface area contributed by atoms with E-state index in [0.29, 0.717) is 17.0 Å². The van der Waals surface area contributed by atoms with Crippen molar-refractivity contribution in [3.63, 3.8) is 0 Å². The summed E-state index contributed by atoms with van der Waals surface area (Å²) in [7, 11) is 0. The first-order valence-electron chi connectivity index (χ1n) is 5.56. The van der Waals surface area contributed by atoms with Crippen LogP contribution in [0.1, 0.15) is 23.0 Å². The van der Waals surface area contributed by atoms with Gasteiger partial charge in [-0.15, -0.1) is 0 Å². The summed E-state index contributed by atoms with van der Waals surface area (Å²) in [5, 5.41) is 2.51. The van der Waals surface area contributed by atoms with E-state index in [1.807, 2.05) is 0 Å². The second kappa shape index (κ2) is 5.34. The number of carbonyl (C=O) groups is 2. The monoisotopic (exact) mass is 260 g/mol. The van der Waals surface area contributed by atoms with Crippen molar-refractivity contribution in [1.82, 2.24) is 4.98 Å². The molecule has 0 atom stereocenters. The van der Waals surface area contributed by atoms with Gasteiger partial charge in [0.15, 0.2) is 0 Å². The molecular formula is C13H12N2O4. The Labute approximate surface area is 109 Å². The van der Waals surface area contributed by atoms with Crippen molar-refractivity contribution < 1.29 is 18.7 Å². The first-order valence-corrected chi connectivity index (χ1v) is 5.56. The number of nitrogens with one attached hydrogen (secondary N) is 1. The smallest absolute Gasteiger partial charge is 0.308 e. The van der Waals surface area contributed by atoms with Crippen molar-refractivity contribution in [3.8, 4) is 5.75 Å². The van der Waals surface area contributed by atoms with E-state index in [4.69, 9.17) is 9.15 Å². The Balaban J connectivity index is 2.05. The van der Waals surface area contributed by atoms with Crippen molar-refractivity contribution in [3.05, 3.63) is 41.8 Å². The number of aromatic nitrogens is 1. The highest BCUT2D eigenvalue weighted by atomic mass is 16.5. The first kappa shape index (κ1) is 12.8. The van der Waals surface area contributed by atoms with Crippen LogP contribution in [0.15, 0.2) is 34.9 Å². The SMILES string of the molecule is CC(=O)Oc1ccc(C(=O)Nc2nc(C)co2)cc1. The molecule has 0 fully saturated rings. The number of nitrogens with zero attached hydrogens (tertiary/aromatic N) is 1. The van der Waals surface area contributed by atoms with Gasteiger partial charge in [0.2, 0.25) is 0 Å². The van der Waals surface area contributed by atoms with Crippen LogP contribution in [0.3, 0.4) is 0 Å². The summed E-state index contributed by atoms with van der Waals surface area (Å²) < 4.78 is 9.89. The molecule has 1 aromatic heterocycles. The third kappa shape index (κ3) is 3.41. The number of hydrogen-bond donors (Lipinski definition) is 1. The number of oxazole rings is 1. The summed E-state index contributed by atoms with van der Waals surface area (Å²) in [6.07, 6.45) is 1.44. The van der Waals surface area contributed by atoms with E-state index in [-0.39, 0.29) is 11.9 Å². The lowest BCUT2D eigenvalue weighted by Gasteiger charge is -2.03. The van der Waals surface area contributed by atoms with Crippen LogP contribution in [-0.4, -0.2) is 16.9 Å². The lowest BCUT2D eigenvalue weighted by Crippen LogP contribution is -2.12.